The molecule has 3 rings (SSSR count). The van der Waals surface area contributed by atoms with E-state index in [1.165, 1.54) is 36.2 Å². The molecule has 0 radical (unpaired) electrons. The molecule has 0 fully saturated rings. The first-order valence-corrected chi connectivity index (χ1v) is 10.4. The van der Waals surface area contributed by atoms with Crippen LogP contribution in [-0.2, 0) is 16.2 Å². The van der Waals surface area contributed by atoms with E-state index in [4.69, 9.17) is 4.74 Å². The maximum atomic E-state index is 13.2. The minimum Gasteiger partial charge on any atom is -0.487 e. The van der Waals surface area contributed by atoms with Crippen LogP contribution in [0.4, 0.5) is 10.1 Å². The van der Waals surface area contributed by atoms with E-state index in [9.17, 15) is 14.0 Å². The molecule has 31 heavy (non-hydrogen) atoms. The van der Waals surface area contributed by atoms with Gasteiger partial charge in [0.05, 0.1) is 17.2 Å². The van der Waals surface area contributed by atoms with E-state index < -0.39 is 11.7 Å². The van der Waals surface area contributed by atoms with Crippen LogP contribution in [0.2, 0.25) is 0 Å². The minimum absolute atomic E-state index is 0.166. The third kappa shape index (κ3) is 6.75. The number of aromatic nitrogens is 1. The number of nitrogens with zero attached hydrogens (tertiary/aromatic N) is 2. The Morgan fingerprint density at radius 3 is 2.77 bits per heavy atom. The Labute approximate surface area is 184 Å². The zero-order valence-electron chi connectivity index (χ0n) is 17.2. The predicted octanol–water partition coefficient (Wildman–Crippen LogP) is 4.28. The number of carbonyl (C=O) groups is 2. The van der Waals surface area contributed by atoms with Crippen LogP contribution in [-0.4, -0.2) is 35.3 Å². The number of likely N-dealkylation sites (N-methyl/N-ethyl adjacent to an activating group) is 1. The van der Waals surface area contributed by atoms with Crippen molar-refractivity contribution >= 4 is 34.9 Å². The third-order valence-electron chi connectivity index (χ3n) is 4.23. The average Bonchev–Trinajstić information content (AvgIpc) is 3.16. The summed E-state index contributed by atoms with van der Waals surface area (Å²) < 4.78 is 19.1. The molecule has 0 aliphatic carbocycles. The van der Waals surface area contributed by atoms with Gasteiger partial charge in [-0.05, 0) is 37.3 Å². The number of para-hydroxylation sites is 1. The summed E-state index contributed by atoms with van der Waals surface area (Å²) in [6.07, 6.45) is 3.02. The zero-order valence-corrected chi connectivity index (χ0v) is 18.0. The molecule has 1 aromatic heterocycles. The van der Waals surface area contributed by atoms with Crippen LogP contribution in [0.15, 0.2) is 60.0 Å². The number of halogens is 1. The smallest absolute Gasteiger partial charge is 0.246 e. The van der Waals surface area contributed by atoms with E-state index >= 15 is 0 Å². The fourth-order valence-electron chi connectivity index (χ4n) is 2.72. The van der Waals surface area contributed by atoms with Gasteiger partial charge in [-0.3, -0.25) is 9.59 Å². The van der Waals surface area contributed by atoms with Gasteiger partial charge in [-0.1, -0.05) is 24.3 Å². The van der Waals surface area contributed by atoms with Gasteiger partial charge in [-0.15, -0.1) is 11.3 Å². The number of ether oxygens (including phenoxy) is 1. The molecular formula is C23H22FN3O3S. The number of thiazole rings is 1. The van der Waals surface area contributed by atoms with E-state index in [0.717, 1.165) is 16.3 Å². The molecule has 2 amide bonds. The van der Waals surface area contributed by atoms with Gasteiger partial charge in [0, 0.05) is 29.8 Å². The highest BCUT2D eigenvalue weighted by Gasteiger charge is 2.11. The summed E-state index contributed by atoms with van der Waals surface area (Å²) in [4.78, 5) is 30.2. The van der Waals surface area contributed by atoms with Crippen LogP contribution in [0.1, 0.15) is 16.3 Å². The molecule has 0 saturated carbocycles. The number of anilines is 1. The van der Waals surface area contributed by atoms with Gasteiger partial charge in [-0.2, -0.15) is 0 Å². The summed E-state index contributed by atoms with van der Waals surface area (Å²) in [6, 6.07) is 12.9. The Balaban J connectivity index is 1.56. The normalized spacial score (nSPS) is 10.8. The molecule has 3 aromatic rings. The molecule has 0 aliphatic heterocycles. The first-order chi connectivity index (χ1) is 14.9. The number of nitrogens with one attached hydrogen (secondary N) is 1. The predicted molar refractivity (Wildman–Crippen MR) is 119 cm³/mol. The van der Waals surface area contributed by atoms with Gasteiger partial charge >= 0.3 is 0 Å². The van der Waals surface area contributed by atoms with Gasteiger partial charge in [0.25, 0.3) is 0 Å². The molecule has 8 heteroatoms. The molecule has 0 spiro atoms. The summed E-state index contributed by atoms with van der Waals surface area (Å²) in [5.41, 5.74) is 1.92. The maximum Gasteiger partial charge on any atom is 0.246 e. The number of rotatable bonds is 8. The van der Waals surface area contributed by atoms with Crippen molar-refractivity contribution in [3.63, 3.8) is 0 Å². The van der Waals surface area contributed by atoms with Crippen LogP contribution in [0.25, 0.3) is 6.08 Å². The molecule has 6 nitrogen and oxygen atoms in total. The second kappa shape index (κ2) is 10.5. The lowest BCUT2D eigenvalue weighted by molar-refractivity contribution is -0.129. The van der Waals surface area contributed by atoms with Crippen molar-refractivity contribution in [3.05, 3.63) is 82.1 Å². The van der Waals surface area contributed by atoms with Gasteiger partial charge < -0.3 is 15.0 Å². The van der Waals surface area contributed by atoms with Crippen molar-refractivity contribution in [1.82, 2.24) is 9.88 Å². The Kier molecular flexibility index (Phi) is 7.50. The Morgan fingerprint density at radius 2 is 2.03 bits per heavy atom. The van der Waals surface area contributed by atoms with Crippen LogP contribution in [0.5, 0.6) is 5.75 Å². The van der Waals surface area contributed by atoms with Crippen LogP contribution >= 0.6 is 11.3 Å². The highest BCUT2D eigenvalue weighted by Crippen LogP contribution is 2.21. The summed E-state index contributed by atoms with van der Waals surface area (Å²) in [6.45, 7) is 2.11. The molecule has 0 unspecified atom stereocenters. The van der Waals surface area contributed by atoms with E-state index in [1.807, 2.05) is 36.6 Å². The minimum atomic E-state index is -0.448. The Morgan fingerprint density at radius 1 is 1.23 bits per heavy atom. The van der Waals surface area contributed by atoms with Gasteiger partial charge in [0.2, 0.25) is 11.8 Å². The third-order valence-corrected chi connectivity index (χ3v) is 5.05. The number of carbonyl (C=O) groups excluding carboxylic acids is 2. The topological polar surface area (TPSA) is 71.5 Å². The van der Waals surface area contributed by atoms with Gasteiger partial charge in [0.1, 0.15) is 18.2 Å². The fourth-order valence-corrected chi connectivity index (χ4v) is 3.32. The van der Waals surface area contributed by atoms with E-state index in [0.29, 0.717) is 18.0 Å². The summed E-state index contributed by atoms with van der Waals surface area (Å²) >= 11 is 1.56. The second-order valence-corrected chi connectivity index (χ2v) is 7.83. The molecule has 2 aromatic carbocycles. The Hall–Kier alpha value is -3.52. The lowest BCUT2D eigenvalue weighted by atomic mass is 10.2. The molecule has 0 saturated heterocycles. The van der Waals surface area contributed by atoms with E-state index in [-0.39, 0.29) is 12.5 Å². The standard InChI is InChI=1S/C23H22FN3O3S/c1-16-25-20(15-31-16)14-30-21-9-4-3-6-17(21)10-11-23(29)27(2)13-22(28)26-19-8-5-7-18(24)12-19/h3-12,15H,13-14H2,1-2H3,(H,26,28). The second-order valence-electron chi connectivity index (χ2n) is 6.77. The van der Waals surface area contributed by atoms with Crippen molar-refractivity contribution in [3.8, 4) is 5.75 Å². The molecule has 0 atom stereocenters. The summed E-state index contributed by atoms with van der Waals surface area (Å²) in [7, 11) is 1.52. The summed E-state index contributed by atoms with van der Waals surface area (Å²) in [5.74, 6) is -0.587. The van der Waals surface area contributed by atoms with Gasteiger partial charge in [0.15, 0.2) is 0 Å². The molecule has 160 valence electrons. The monoisotopic (exact) mass is 439 g/mol. The number of hydrogen-bond acceptors (Lipinski definition) is 5. The molecule has 1 heterocycles. The van der Waals surface area contributed by atoms with E-state index in [2.05, 4.69) is 10.3 Å². The quantitative estimate of drug-likeness (QED) is 0.532. The van der Waals surface area contributed by atoms with E-state index in [1.54, 1.807) is 23.5 Å². The van der Waals surface area contributed by atoms with Crippen molar-refractivity contribution in [2.24, 2.45) is 0 Å². The van der Waals surface area contributed by atoms with Crippen molar-refractivity contribution in [1.29, 1.82) is 0 Å². The first-order valence-electron chi connectivity index (χ1n) is 9.52. The first kappa shape index (κ1) is 22.2. The largest absolute Gasteiger partial charge is 0.487 e. The van der Waals surface area contributed by atoms with Crippen LogP contribution < -0.4 is 10.1 Å². The molecule has 0 bridgehead atoms. The fraction of sp³-hybridized carbons (Fsp3) is 0.174. The van der Waals surface area contributed by atoms with Crippen LogP contribution in [0, 0.1) is 12.7 Å². The van der Waals surface area contributed by atoms with Crippen LogP contribution in [0.3, 0.4) is 0 Å². The van der Waals surface area contributed by atoms with Crippen molar-refractivity contribution in [2.75, 3.05) is 18.9 Å². The lowest BCUT2D eigenvalue weighted by Crippen LogP contribution is -2.33. The SMILES string of the molecule is Cc1nc(COc2ccccc2C=CC(=O)N(C)CC(=O)Nc2cccc(F)c2)cs1. The average molecular weight is 440 g/mol. The highest BCUT2D eigenvalue weighted by atomic mass is 32.1. The molecule has 0 aliphatic rings. The highest BCUT2D eigenvalue weighted by molar-refractivity contribution is 7.09. The van der Waals surface area contributed by atoms with Crippen molar-refractivity contribution < 1.29 is 18.7 Å². The Bertz CT molecular complexity index is 1100. The lowest BCUT2D eigenvalue weighted by Gasteiger charge is -2.15. The number of amides is 2. The van der Waals surface area contributed by atoms with Crippen molar-refractivity contribution in [2.45, 2.75) is 13.5 Å². The summed E-state index contributed by atoms with van der Waals surface area (Å²) in [5, 5.41) is 5.48. The molecule has 1 N–H and O–H groups in total. The number of aryl methyl sites for hydroxylation is 1. The maximum absolute atomic E-state index is 13.2. The number of benzene rings is 2. The van der Waals surface area contributed by atoms with Gasteiger partial charge in [-0.25, -0.2) is 9.37 Å². The zero-order chi connectivity index (χ0) is 22.2. The number of hydrogen-bond donors (Lipinski definition) is 1. The molecular weight excluding hydrogens is 417 g/mol.